The number of carbonyl (C=O) groups is 1. The first-order chi connectivity index (χ1) is 7.63. The van der Waals surface area contributed by atoms with Gasteiger partial charge in [0.1, 0.15) is 5.75 Å². The Morgan fingerprint density at radius 2 is 2.25 bits per heavy atom. The van der Waals surface area contributed by atoms with Crippen LogP contribution in [0.1, 0.15) is 12.0 Å². The van der Waals surface area contributed by atoms with Crippen LogP contribution in [0, 0.1) is 0 Å². The molecule has 0 aromatic heterocycles. The number of rotatable bonds is 5. The van der Waals surface area contributed by atoms with Gasteiger partial charge in [-0.05, 0) is 33.6 Å². The minimum Gasteiger partial charge on any atom is -0.507 e. The lowest BCUT2D eigenvalue weighted by Gasteiger charge is -2.05. The monoisotopic (exact) mass is 286 g/mol. The Morgan fingerprint density at radius 1 is 1.50 bits per heavy atom. The third-order valence-electron chi connectivity index (χ3n) is 2.15. The van der Waals surface area contributed by atoms with Crippen LogP contribution in [0.5, 0.6) is 5.75 Å². The summed E-state index contributed by atoms with van der Waals surface area (Å²) >= 11 is 3.25. The Morgan fingerprint density at radius 3 is 2.88 bits per heavy atom. The van der Waals surface area contributed by atoms with Crippen molar-refractivity contribution in [3.63, 3.8) is 0 Å². The van der Waals surface area contributed by atoms with Crippen LogP contribution in [0.2, 0.25) is 0 Å². The summed E-state index contributed by atoms with van der Waals surface area (Å²) in [6, 6.07) is 5.33. The number of amides is 1. The topological polar surface area (TPSA) is 61.4 Å². The molecule has 0 aliphatic carbocycles. The Bertz CT molecular complexity index is 369. The quantitative estimate of drug-likeness (QED) is 0.717. The average Bonchev–Trinajstić information content (AvgIpc) is 2.28. The van der Waals surface area contributed by atoms with Crippen molar-refractivity contribution >= 4 is 21.8 Å². The van der Waals surface area contributed by atoms with E-state index in [2.05, 4.69) is 26.6 Å². The number of nitrogens with one attached hydrogen (secondary N) is 2. The molecule has 0 unspecified atom stereocenters. The van der Waals surface area contributed by atoms with Crippen LogP contribution in [0.25, 0.3) is 0 Å². The van der Waals surface area contributed by atoms with Gasteiger partial charge in [-0.3, -0.25) is 4.79 Å². The first-order valence-electron chi connectivity index (χ1n) is 5.02. The summed E-state index contributed by atoms with van der Waals surface area (Å²) in [4.78, 5) is 10.9. The van der Waals surface area contributed by atoms with Gasteiger partial charge in [-0.15, -0.1) is 0 Å². The third-order valence-corrected chi connectivity index (χ3v) is 2.78. The van der Waals surface area contributed by atoms with Crippen molar-refractivity contribution in [3.05, 3.63) is 28.2 Å². The molecule has 0 atom stereocenters. The number of carbonyl (C=O) groups excluding carboxylic acids is 1. The van der Waals surface area contributed by atoms with Crippen LogP contribution in [0.3, 0.4) is 0 Å². The molecule has 1 aromatic rings. The second-order valence-electron chi connectivity index (χ2n) is 3.39. The summed E-state index contributed by atoms with van der Waals surface area (Å²) in [5.74, 6) is 0.258. The van der Waals surface area contributed by atoms with Crippen molar-refractivity contribution in [2.75, 3.05) is 13.6 Å². The number of halogens is 1. The van der Waals surface area contributed by atoms with E-state index in [-0.39, 0.29) is 11.7 Å². The van der Waals surface area contributed by atoms with E-state index in [1.165, 1.54) is 0 Å². The summed E-state index contributed by atoms with van der Waals surface area (Å²) in [5.41, 5.74) is 1.06. The third kappa shape index (κ3) is 4.20. The molecular weight excluding hydrogens is 272 g/mol. The summed E-state index contributed by atoms with van der Waals surface area (Å²) in [6.45, 7) is 1.31. The molecule has 0 aliphatic rings. The van der Waals surface area contributed by atoms with E-state index in [1.807, 2.05) is 12.1 Å². The zero-order valence-corrected chi connectivity index (χ0v) is 10.7. The molecule has 88 valence electrons. The van der Waals surface area contributed by atoms with Gasteiger partial charge in [-0.25, -0.2) is 0 Å². The summed E-state index contributed by atoms with van der Waals surface area (Å²) < 4.78 is 0.679. The lowest BCUT2D eigenvalue weighted by atomic mass is 10.2. The maximum absolute atomic E-state index is 10.9. The fraction of sp³-hybridized carbons (Fsp3) is 0.364. The summed E-state index contributed by atoms with van der Waals surface area (Å²) in [6.07, 6.45) is 0.468. The zero-order chi connectivity index (χ0) is 12.0. The highest BCUT2D eigenvalue weighted by Gasteiger charge is 2.00. The smallest absolute Gasteiger partial charge is 0.221 e. The van der Waals surface area contributed by atoms with Gasteiger partial charge in [0.2, 0.25) is 5.91 Å². The predicted molar refractivity (Wildman–Crippen MR) is 66.2 cm³/mol. The minimum atomic E-state index is 0.0272. The van der Waals surface area contributed by atoms with Crippen LogP contribution in [-0.4, -0.2) is 24.6 Å². The van der Waals surface area contributed by atoms with Gasteiger partial charge in [-0.2, -0.15) is 0 Å². The second kappa shape index (κ2) is 6.50. The summed E-state index contributed by atoms with van der Waals surface area (Å²) in [5, 5.41) is 15.0. The highest BCUT2D eigenvalue weighted by molar-refractivity contribution is 9.10. The van der Waals surface area contributed by atoms with Gasteiger partial charge in [-0.1, -0.05) is 6.07 Å². The van der Waals surface area contributed by atoms with E-state index in [9.17, 15) is 9.90 Å². The van der Waals surface area contributed by atoms with Crippen LogP contribution < -0.4 is 10.6 Å². The molecule has 16 heavy (non-hydrogen) atoms. The van der Waals surface area contributed by atoms with Crippen LogP contribution >= 0.6 is 15.9 Å². The fourth-order valence-electron chi connectivity index (χ4n) is 1.22. The molecule has 1 amide bonds. The number of hydrogen-bond acceptors (Lipinski definition) is 3. The van der Waals surface area contributed by atoms with E-state index in [1.54, 1.807) is 13.1 Å². The molecule has 0 spiro atoms. The second-order valence-corrected chi connectivity index (χ2v) is 4.24. The normalized spacial score (nSPS) is 10.1. The maximum atomic E-state index is 10.9. The molecule has 0 bridgehead atoms. The van der Waals surface area contributed by atoms with E-state index < -0.39 is 0 Å². The Balaban J connectivity index is 2.32. The molecule has 0 saturated carbocycles. The predicted octanol–water partition coefficient (Wildman–Crippen LogP) is 1.38. The number of phenolic OH excluding ortho intramolecular Hbond substituents is 1. The van der Waals surface area contributed by atoms with Gasteiger partial charge in [0.25, 0.3) is 0 Å². The minimum absolute atomic E-state index is 0.0272. The van der Waals surface area contributed by atoms with Gasteiger partial charge in [0, 0.05) is 26.6 Å². The molecule has 5 heteroatoms. The van der Waals surface area contributed by atoms with Gasteiger partial charge in [0.05, 0.1) is 4.47 Å². The SMILES string of the molecule is CNC(=O)CCNCc1ccc(O)c(Br)c1. The van der Waals surface area contributed by atoms with Gasteiger partial charge >= 0.3 is 0 Å². The van der Waals surface area contributed by atoms with Crippen LogP contribution in [-0.2, 0) is 11.3 Å². The Hall–Kier alpha value is -1.07. The highest BCUT2D eigenvalue weighted by Crippen LogP contribution is 2.23. The van der Waals surface area contributed by atoms with Gasteiger partial charge in [0.15, 0.2) is 0 Å². The Labute approximate surface area is 103 Å². The van der Waals surface area contributed by atoms with Crippen molar-refractivity contribution < 1.29 is 9.90 Å². The number of aromatic hydroxyl groups is 1. The van der Waals surface area contributed by atoms with Crippen molar-refractivity contribution in [3.8, 4) is 5.75 Å². The highest BCUT2D eigenvalue weighted by atomic mass is 79.9. The van der Waals surface area contributed by atoms with Crippen molar-refractivity contribution in [1.82, 2.24) is 10.6 Å². The number of benzene rings is 1. The molecule has 4 nitrogen and oxygen atoms in total. The molecule has 0 saturated heterocycles. The number of hydrogen-bond donors (Lipinski definition) is 3. The molecule has 1 rings (SSSR count). The van der Waals surface area contributed by atoms with Crippen LogP contribution in [0.15, 0.2) is 22.7 Å². The van der Waals surface area contributed by atoms with E-state index in [0.29, 0.717) is 24.0 Å². The molecule has 1 aromatic carbocycles. The summed E-state index contributed by atoms with van der Waals surface area (Å²) in [7, 11) is 1.62. The molecular formula is C11H15BrN2O2. The molecule has 3 N–H and O–H groups in total. The van der Waals surface area contributed by atoms with E-state index >= 15 is 0 Å². The Kier molecular flexibility index (Phi) is 5.28. The fourth-order valence-corrected chi connectivity index (χ4v) is 1.65. The lowest BCUT2D eigenvalue weighted by Crippen LogP contribution is -2.24. The van der Waals surface area contributed by atoms with Gasteiger partial charge < -0.3 is 15.7 Å². The zero-order valence-electron chi connectivity index (χ0n) is 9.09. The van der Waals surface area contributed by atoms with Crippen molar-refractivity contribution in [2.24, 2.45) is 0 Å². The molecule has 0 heterocycles. The molecule has 0 fully saturated rings. The standard InChI is InChI=1S/C11H15BrN2O2/c1-13-11(16)4-5-14-7-8-2-3-10(15)9(12)6-8/h2-3,6,14-15H,4-5,7H2,1H3,(H,13,16). The first-order valence-corrected chi connectivity index (χ1v) is 5.81. The average molecular weight is 287 g/mol. The first kappa shape index (κ1) is 13.0. The van der Waals surface area contributed by atoms with Crippen molar-refractivity contribution in [2.45, 2.75) is 13.0 Å². The van der Waals surface area contributed by atoms with E-state index in [0.717, 1.165) is 5.56 Å². The molecule has 0 radical (unpaired) electrons. The van der Waals surface area contributed by atoms with Crippen LogP contribution in [0.4, 0.5) is 0 Å². The lowest BCUT2D eigenvalue weighted by molar-refractivity contribution is -0.120. The number of phenols is 1. The molecule has 0 aliphatic heterocycles. The van der Waals surface area contributed by atoms with Crippen molar-refractivity contribution in [1.29, 1.82) is 0 Å². The largest absolute Gasteiger partial charge is 0.507 e. The maximum Gasteiger partial charge on any atom is 0.221 e. The van der Waals surface area contributed by atoms with E-state index in [4.69, 9.17) is 0 Å².